The van der Waals surface area contributed by atoms with Crippen LogP contribution in [0.15, 0.2) is 36.4 Å². The largest absolute Gasteiger partial charge is 0.350 e. The van der Waals surface area contributed by atoms with Crippen molar-refractivity contribution in [2.45, 2.75) is 45.7 Å². The first-order chi connectivity index (χ1) is 13.1. The molecule has 0 aliphatic carbocycles. The monoisotopic (exact) mass is 437 g/mol. The number of carbonyl (C=O) groups is 1. The minimum absolute atomic E-state index is 0.0988. The number of rotatable bonds is 4. The molecule has 1 aromatic heterocycles. The highest BCUT2D eigenvalue weighted by molar-refractivity contribution is 6.42. The summed E-state index contributed by atoms with van der Waals surface area (Å²) in [6, 6.07) is 10.6. The van der Waals surface area contributed by atoms with E-state index in [1.165, 1.54) is 0 Å². The summed E-state index contributed by atoms with van der Waals surface area (Å²) in [6.45, 7) is 7.70. The van der Waals surface area contributed by atoms with E-state index in [0.717, 1.165) is 16.9 Å². The second-order valence-electron chi connectivity index (χ2n) is 7.84. The Kier molecular flexibility index (Phi) is 5.95. The fourth-order valence-electron chi connectivity index (χ4n) is 3.10. The van der Waals surface area contributed by atoms with Gasteiger partial charge in [-0.2, -0.15) is 0 Å². The van der Waals surface area contributed by atoms with Crippen LogP contribution < -0.4 is 5.32 Å². The Bertz CT molecular complexity index is 1040. The summed E-state index contributed by atoms with van der Waals surface area (Å²) in [5.74, 6) is 0.622. The minimum atomic E-state index is -0.487. The number of hydrogen-bond donors (Lipinski definition) is 1. The van der Waals surface area contributed by atoms with Gasteiger partial charge >= 0.3 is 0 Å². The van der Waals surface area contributed by atoms with E-state index >= 15 is 0 Å². The maximum atomic E-state index is 12.9. The van der Waals surface area contributed by atoms with Gasteiger partial charge in [-0.15, -0.1) is 0 Å². The van der Waals surface area contributed by atoms with Gasteiger partial charge in [0.25, 0.3) is 0 Å². The van der Waals surface area contributed by atoms with Crippen LogP contribution in [-0.4, -0.2) is 21.0 Å². The maximum absolute atomic E-state index is 12.9. The molecule has 3 aromatic rings. The molecule has 0 aliphatic rings. The molecule has 0 saturated carbocycles. The number of amides is 1. The Morgan fingerprint density at radius 2 is 1.75 bits per heavy atom. The minimum Gasteiger partial charge on any atom is -0.350 e. The van der Waals surface area contributed by atoms with Crippen LogP contribution in [0.4, 0.5) is 0 Å². The van der Waals surface area contributed by atoms with Crippen LogP contribution in [0.5, 0.6) is 0 Å². The number of carbonyl (C=O) groups excluding carboxylic acids is 1. The zero-order valence-electron chi connectivity index (χ0n) is 16.2. The first-order valence-electron chi connectivity index (χ1n) is 8.98. The van der Waals surface area contributed by atoms with Crippen LogP contribution in [-0.2, 0) is 11.2 Å². The number of aromatic nitrogens is 2. The lowest BCUT2D eigenvalue weighted by Gasteiger charge is -2.25. The molecule has 0 saturated heterocycles. The molecular formula is C21H22Cl3N3O. The van der Waals surface area contributed by atoms with Crippen LogP contribution in [0, 0.1) is 0 Å². The number of benzene rings is 2. The van der Waals surface area contributed by atoms with E-state index in [1.54, 1.807) is 12.1 Å². The highest BCUT2D eigenvalue weighted by Gasteiger charge is 2.25. The standard InChI is InChI=1S/C21H22Cl3N3O/c1-12(20(28)26-21(2,3)4)27-18-11-16(24)15(23)10-17(18)25-19(27)9-13-7-5-6-8-14(13)22/h5-8,10-12H,9H2,1-4H3,(H,26,28)/t12-/m1/s1. The van der Waals surface area contributed by atoms with Gasteiger partial charge in [0.05, 0.1) is 21.1 Å². The summed E-state index contributed by atoms with van der Waals surface area (Å²) in [7, 11) is 0. The molecule has 2 aromatic carbocycles. The fourth-order valence-corrected chi connectivity index (χ4v) is 3.62. The Hall–Kier alpha value is -1.75. The van der Waals surface area contributed by atoms with E-state index < -0.39 is 6.04 Å². The number of imidazole rings is 1. The number of nitrogens with one attached hydrogen (secondary N) is 1. The summed E-state index contributed by atoms with van der Waals surface area (Å²) < 4.78 is 1.90. The highest BCUT2D eigenvalue weighted by atomic mass is 35.5. The van der Waals surface area contributed by atoms with Crippen LogP contribution in [0.25, 0.3) is 11.0 Å². The van der Waals surface area contributed by atoms with Crippen molar-refractivity contribution in [1.82, 2.24) is 14.9 Å². The average Bonchev–Trinajstić information content (AvgIpc) is 2.92. The van der Waals surface area contributed by atoms with E-state index in [-0.39, 0.29) is 11.4 Å². The molecule has 0 unspecified atom stereocenters. The van der Waals surface area contributed by atoms with Gasteiger partial charge in [-0.1, -0.05) is 53.0 Å². The average molecular weight is 439 g/mol. The molecule has 0 spiro atoms. The van der Waals surface area contributed by atoms with Crippen molar-refractivity contribution in [3.63, 3.8) is 0 Å². The van der Waals surface area contributed by atoms with Gasteiger partial charge in [0.1, 0.15) is 11.9 Å². The first-order valence-corrected chi connectivity index (χ1v) is 10.1. The van der Waals surface area contributed by atoms with Crippen LogP contribution >= 0.6 is 34.8 Å². The summed E-state index contributed by atoms with van der Waals surface area (Å²) in [5.41, 5.74) is 2.03. The fraction of sp³-hybridized carbons (Fsp3) is 0.333. The van der Waals surface area contributed by atoms with Crippen molar-refractivity contribution >= 4 is 51.7 Å². The van der Waals surface area contributed by atoms with Gasteiger partial charge in [-0.3, -0.25) is 4.79 Å². The van der Waals surface area contributed by atoms with Gasteiger partial charge in [-0.25, -0.2) is 4.98 Å². The van der Waals surface area contributed by atoms with Crippen molar-refractivity contribution in [3.8, 4) is 0 Å². The summed E-state index contributed by atoms with van der Waals surface area (Å²) >= 11 is 18.8. The predicted octanol–water partition coefficient (Wildman–Crippen LogP) is 6.06. The lowest BCUT2D eigenvalue weighted by atomic mass is 10.1. The molecule has 0 fully saturated rings. The second-order valence-corrected chi connectivity index (χ2v) is 9.06. The molecule has 1 heterocycles. The third kappa shape index (κ3) is 4.45. The number of halogens is 3. The molecule has 0 bridgehead atoms. The van der Waals surface area contributed by atoms with Crippen molar-refractivity contribution < 1.29 is 4.79 Å². The maximum Gasteiger partial charge on any atom is 0.243 e. The van der Waals surface area contributed by atoms with E-state index in [0.29, 0.717) is 27.0 Å². The Labute approximate surface area is 179 Å². The number of hydrogen-bond acceptors (Lipinski definition) is 2. The van der Waals surface area contributed by atoms with Gasteiger partial charge in [-0.05, 0) is 51.5 Å². The Morgan fingerprint density at radius 1 is 1.11 bits per heavy atom. The molecule has 1 N–H and O–H groups in total. The predicted molar refractivity (Wildman–Crippen MR) is 117 cm³/mol. The molecule has 1 atom stereocenters. The van der Waals surface area contributed by atoms with Gasteiger partial charge < -0.3 is 9.88 Å². The molecule has 3 rings (SSSR count). The zero-order valence-corrected chi connectivity index (χ0v) is 18.5. The van der Waals surface area contributed by atoms with Crippen molar-refractivity contribution in [1.29, 1.82) is 0 Å². The van der Waals surface area contributed by atoms with Crippen LogP contribution in [0.1, 0.15) is 45.1 Å². The SMILES string of the molecule is C[C@H](C(=O)NC(C)(C)C)n1c(Cc2ccccc2Cl)nc2cc(Cl)c(Cl)cc21. The number of fused-ring (bicyclic) bond motifs is 1. The molecule has 7 heteroatoms. The number of nitrogens with zero attached hydrogens (tertiary/aromatic N) is 2. The van der Waals surface area contributed by atoms with Crippen molar-refractivity contribution in [2.75, 3.05) is 0 Å². The molecule has 0 radical (unpaired) electrons. The molecule has 148 valence electrons. The molecule has 28 heavy (non-hydrogen) atoms. The van der Waals surface area contributed by atoms with Crippen molar-refractivity contribution in [3.05, 3.63) is 62.9 Å². The summed E-state index contributed by atoms with van der Waals surface area (Å²) in [6.07, 6.45) is 0.483. The van der Waals surface area contributed by atoms with Gasteiger partial charge in [0.2, 0.25) is 5.91 Å². The molecular weight excluding hydrogens is 417 g/mol. The van der Waals surface area contributed by atoms with E-state index in [1.807, 2.05) is 56.5 Å². The van der Waals surface area contributed by atoms with Crippen LogP contribution in [0.2, 0.25) is 15.1 Å². The van der Waals surface area contributed by atoms with E-state index in [9.17, 15) is 4.79 Å². The quantitative estimate of drug-likeness (QED) is 0.538. The highest BCUT2D eigenvalue weighted by Crippen LogP contribution is 2.31. The Morgan fingerprint density at radius 3 is 2.39 bits per heavy atom. The third-order valence-corrected chi connectivity index (χ3v) is 5.47. The van der Waals surface area contributed by atoms with Crippen LogP contribution in [0.3, 0.4) is 0 Å². The van der Waals surface area contributed by atoms with E-state index in [4.69, 9.17) is 39.8 Å². The lowest BCUT2D eigenvalue weighted by Crippen LogP contribution is -2.44. The topological polar surface area (TPSA) is 46.9 Å². The van der Waals surface area contributed by atoms with Crippen molar-refractivity contribution in [2.24, 2.45) is 0 Å². The first kappa shape index (κ1) is 21.0. The van der Waals surface area contributed by atoms with E-state index in [2.05, 4.69) is 5.32 Å². The summed E-state index contributed by atoms with van der Waals surface area (Å²) in [4.78, 5) is 17.6. The normalized spacial score (nSPS) is 13.0. The smallest absolute Gasteiger partial charge is 0.243 e. The van der Waals surface area contributed by atoms with Gasteiger partial charge in [0.15, 0.2) is 0 Å². The molecule has 0 aliphatic heterocycles. The lowest BCUT2D eigenvalue weighted by molar-refractivity contribution is -0.125. The Balaban J connectivity index is 2.13. The molecule has 4 nitrogen and oxygen atoms in total. The molecule has 1 amide bonds. The summed E-state index contributed by atoms with van der Waals surface area (Å²) in [5, 5.41) is 4.53. The van der Waals surface area contributed by atoms with Gasteiger partial charge in [0, 0.05) is 17.0 Å². The third-order valence-electron chi connectivity index (χ3n) is 4.38. The second kappa shape index (κ2) is 7.94. The zero-order chi connectivity index (χ0) is 20.6.